The predicted molar refractivity (Wildman–Crippen MR) is 52.3 cm³/mol. The van der Waals surface area contributed by atoms with Crippen molar-refractivity contribution in [2.75, 3.05) is 5.73 Å². The van der Waals surface area contributed by atoms with Gasteiger partial charge >= 0.3 is 5.97 Å². The highest BCUT2D eigenvalue weighted by Gasteiger charge is 2.15. The first-order valence-corrected chi connectivity index (χ1v) is 4.11. The van der Waals surface area contributed by atoms with Gasteiger partial charge in [0.05, 0.1) is 5.56 Å². The van der Waals surface area contributed by atoms with E-state index in [1.54, 1.807) is 19.9 Å². The van der Waals surface area contributed by atoms with Crippen LogP contribution in [-0.4, -0.2) is 11.1 Å². The standard InChI is InChI=1S/C9H10ClNO2/c1-4-6(10)3-7(11)5(2)8(4)9(12)13/h3H,11H2,1-2H3,(H,12,13). The van der Waals surface area contributed by atoms with E-state index in [2.05, 4.69) is 0 Å². The average Bonchev–Trinajstić information content (AvgIpc) is 2.01. The quantitative estimate of drug-likeness (QED) is 0.682. The molecule has 0 aliphatic heterocycles. The van der Waals surface area contributed by atoms with E-state index in [1.165, 1.54) is 0 Å². The Morgan fingerprint density at radius 1 is 1.46 bits per heavy atom. The summed E-state index contributed by atoms with van der Waals surface area (Å²) >= 11 is 5.79. The van der Waals surface area contributed by atoms with Crippen molar-refractivity contribution in [1.82, 2.24) is 0 Å². The Bertz CT molecular complexity index is 348. The predicted octanol–water partition coefficient (Wildman–Crippen LogP) is 2.24. The summed E-state index contributed by atoms with van der Waals surface area (Å²) in [5.74, 6) is -0.996. The molecule has 0 radical (unpaired) electrons. The number of hydrogen-bond donors (Lipinski definition) is 2. The number of nitrogens with two attached hydrogens (primary N) is 1. The molecule has 0 heterocycles. The van der Waals surface area contributed by atoms with Crippen LogP contribution in [0.2, 0.25) is 5.02 Å². The molecule has 3 N–H and O–H groups in total. The van der Waals surface area contributed by atoms with E-state index in [-0.39, 0.29) is 5.56 Å². The summed E-state index contributed by atoms with van der Waals surface area (Å²) in [6.07, 6.45) is 0. The van der Waals surface area contributed by atoms with Gasteiger partial charge in [0, 0.05) is 10.7 Å². The third-order valence-corrected chi connectivity index (χ3v) is 2.43. The van der Waals surface area contributed by atoms with Crippen molar-refractivity contribution in [1.29, 1.82) is 0 Å². The van der Waals surface area contributed by atoms with Crippen LogP contribution in [0, 0.1) is 13.8 Å². The molecule has 1 aromatic carbocycles. The molecular weight excluding hydrogens is 190 g/mol. The molecule has 0 fully saturated rings. The van der Waals surface area contributed by atoms with Crippen LogP contribution < -0.4 is 5.73 Å². The van der Waals surface area contributed by atoms with Crippen molar-refractivity contribution in [3.05, 3.63) is 27.8 Å². The second-order valence-corrected chi connectivity index (χ2v) is 3.28. The third-order valence-electron chi connectivity index (χ3n) is 2.04. The van der Waals surface area contributed by atoms with Crippen LogP contribution in [0.3, 0.4) is 0 Å². The minimum absolute atomic E-state index is 0.199. The highest BCUT2D eigenvalue weighted by molar-refractivity contribution is 6.32. The number of nitrogen functional groups attached to an aromatic ring is 1. The van der Waals surface area contributed by atoms with Gasteiger partial charge in [0.15, 0.2) is 0 Å². The molecule has 0 aliphatic rings. The second-order valence-electron chi connectivity index (χ2n) is 2.88. The first kappa shape index (κ1) is 9.86. The van der Waals surface area contributed by atoms with Gasteiger partial charge in [-0.3, -0.25) is 0 Å². The normalized spacial score (nSPS) is 10.1. The maximum atomic E-state index is 10.8. The average molecular weight is 200 g/mol. The van der Waals surface area contributed by atoms with Crippen LogP contribution in [0.15, 0.2) is 6.07 Å². The molecule has 13 heavy (non-hydrogen) atoms. The highest BCUT2D eigenvalue weighted by Crippen LogP contribution is 2.27. The summed E-state index contributed by atoms with van der Waals surface area (Å²) in [7, 11) is 0. The fraction of sp³-hybridized carbons (Fsp3) is 0.222. The molecule has 0 saturated heterocycles. The molecule has 0 aromatic heterocycles. The molecule has 0 amide bonds. The van der Waals surface area contributed by atoms with Crippen LogP contribution in [0.25, 0.3) is 0 Å². The van der Waals surface area contributed by atoms with Crippen molar-refractivity contribution < 1.29 is 9.90 Å². The van der Waals surface area contributed by atoms with Crippen LogP contribution >= 0.6 is 11.6 Å². The number of carboxylic acids is 1. The molecule has 0 aliphatic carbocycles. The molecule has 0 atom stereocenters. The van der Waals surface area contributed by atoms with Gasteiger partial charge in [-0.15, -0.1) is 0 Å². The number of benzene rings is 1. The monoisotopic (exact) mass is 199 g/mol. The van der Waals surface area contributed by atoms with Crippen LogP contribution in [0.4, 0.5) is 5.69 Å². The van der Waals surface area contributed by atoms with Crippen molar-refractivity contribution in [2.45, 2.75) is 13.8 Å². The van der Waals surface area contributed by atoms with Gasteiger partial charge in [0.2, 0.25) is 0 Å². The Labute approximate surface area is 81.1 Å². The number of hydrogen-bond acceptors (Lipinski definition) is 2. The lowest BCUT2D eigenvalue weighted by Crippen LogP contribution is -2.06. The SMILES string of the molecule is Cc1c(N)cc(Cl)c(C)c1C(=O)O. The number of anilines is 1. The second kappa shape index (κ2) is 3.26. The molecule has 3 nitrogen and oxygen atoms in total. The molecule has 70 valence electrons. The van der Waals surface area contributed by atoms with Gasteiger partial charge in [0.25, 0.3) is 0 Å². The van der Waals surface area contributed by atoms with Crippen molar-refractivity contribution in [2.24, 2.45) is 0 Å². The van der Waals surface area contributed by atoms with E-state index < -0.39 is 5.97 Å². The summed E-state index contributed by atoms with van der Waals surface area (Å²) in [5.41, 5.74) is 7.31. The summed E-state index contributed by atoms with van der Waals surface area (Å²) in [6, 6.07) is 1.57. The van der Waals surface area contributed by atoms with E-state index in [0.717, 1.165) is 0 Å². The zero-order valence-corrected chi connectivity index (χ0v) is 8.14. The lowest BCUT2D eigenvalue weighted by atomic mass is 10.0. The van der Waals surface area contributed by atoms with Crippen LogP contribution in [0.1, 0.15) is 21.5 Å². The smallest absolute Gasteiger partial charge is 0.336 e. The van der Waals surface area contributed by atoms with Gasteiger partial charge in [-0.25, -0.2) is 4.79 Å². The van der Waals surface area contributed by atoms with E-state index in [1.807, 2.05) is 0 Å². The minimum Gasteiger partial charge on any atom is -0.478 e. The van der Waals surface area contributed by atoms with Gasteiger partial charge in [-0.05, 0) is 31.0 Å². The van der Waals surface area contributed by atoms with Gasteiger partial charge in [-0.2, -0.15) is 0 Å². The fourth-order valence-electron chi connectivity index (χ4n) is 1.22. The molecule has 0 spiro atoms. The van der Waals surface area contributed by atoms with E-state index >= 15 is 0 Å². The summed E-state index contributed by atoms with van der Waals surface area (Å²) in [5, 5.41) is 9.27. The van der Waals surface area contributed by atoms with Gasteiger partial charge in [-0.1, -0.05) is 11.6 Å². The van der Waals surface area contributed by atoms with E-state index in [9.17, 15) is 4.79 Å². The highest BCUT2D eigenvalue weighted by atomic mass is 35.5. The zero-order valence-electron chi connectivity index (χ0n) is 7.39. The Morgan fingerprint density at radius 3 is 2.46 bits per heavy atom. The van der Waals surface area contributed by atoms with E-state index in [4.69, 9.17) is 22.4 Å². The van der Waals surface area contributed by atoms with Crippen LogP contribution in [-0.2, 0) is 0 Å². The Morgan fingerprint density at radius 2 is 2.00 bits per heavy atom. The van der Waals surface area contributed by atoms with Gasteiger partial charge in [0.1, 0.15) is 0 Å². The fourth-order valence-corrected chi connectivity index (χ4v) is 1.43. The molecule has 1 rings (SSSR count). The molecule has 0 unspecified atom stereocenters. The maximum absolute atomic E-state index is 10.8. The Hall–Kier alpha value is -1.22. The summed E-state index contributed by atoms with van der Waals surface area (Å²) in [4.78, 5) is 10.8. The number of rotatable bonds is 1. The largest absolute Gasteiger partial charge is 0.478 e. The number of carbonyl (C=O) groups is 1. The number of carboxylic acid groups (broad SMARTS) is 1. The Kier molecular flexibility index (Phi) is 2.48. The maximum Gasteiger partial charge on any atom is 0.336 e. The molecule has 0 bridgehead atoms. The molecular formula is C9H10ClNO2. The van der Waals surface area contributed by atoms with Crippen molar-refractivity contribution >= 4 is 23.3 Å². The first-order chi connectivity index (χ1) is 5.95. The minimum atomic E-state index is -0.996. The Balaban J connectivity index is 3.56. The number of aromatic carboxylic acids is 1. The summed E-state index contributed by atoms with van der Waals surface area (Å²) < 4.78 is 0. The lowest BCUT2D eigenvalue weighted by Gasteiger charge is -2.09. The first-order valence-electron chi connectivity index (χ1n) is 3.73. The summed E-state index contributed by atoms with van der Waals surface area (Å²) in [6.45, 7) is 3.33. The third kappa shape index (κ3) is 1.60. The molecule has 0 saturated carbocycles. The van der Waals surface area contributed by atoms with Crippen LogP contribution in [0.5, 0.6) is 0 Å². The molecule has 1 aromatic rings. The van der Waals surface area contributed by atoms with E-state index in [0.29, 0.717) is 21.8 Å². The topological polar surface area (TPSA) is 63.3 Å². The van der Waals surface area contributed by atoms with Crippen molar-refractivity contribution in [3.8, 4) is 0 Å². The number of halogens is 1. The zero-order chi connectivity index (χ0) is 10.2. The van der Waals surface area contributed by atoms with Gasteiger partial charge < -0.3 is 10.8 Å². The van der Waals surface area contributed by atoms with Crippen molar-refractivity contribution in [3.63, 3.8) is 0 Å². The lowest BCUT2D eigenvalue weighted by molar-refractivity contribution is 0.0695. The molecule has 4 heteroatoms.